The van der Waals surface area contributed by atoms with E-state index in [1.807, 2.05) is 0 Å². The normalized spacial score (nSPS) is 11.5. The number of halogens is 4. The maximum absolute atomic E-state index is 13.4. The third-order valence-electron chi connectivity index (χ3n) is 4.64. The summed E-state index contributed by atoms with van der Waals surface area (Å²) in [4.78, 5) is 17.1. The second-order valence-electron chi connectivity index (χ2n) is 6.80. The van der Waals surface area contributed by atoms with E-state index < -0.39 is 23.5 Å². The zero-order valence-electron chi connectivity index (χ0n) is 16.8. The van der Waals surface area contributed by atoms with Crippen LogP contribution in [0.2, 0.25) is 0 Å². The smallest absolute Gasteiger partial charge is 0.416 e. The Morgan fingerprint density at radius 1 is 1.13 bits per heavy atom. The molecule has 1 aromatic heterocycles. The lowest BCUT2D eigenvalue weighted by Crippen LogP contribution is -2.25. The number of methoxy groups -OCH3 is 1. The van der Waals surface area contributed by atoms with Gasteiger partial charge in [0.05, 0.1) is 17.7 Å². The summed E-state index contributed by atoms with van der Waals surface area (Å²) in [7, 11) is 1.46. The number of amides is 1. The molecule has 0 aliphatic heterocycles. The number of pyridine rings is 1. The van der Waals surface area contributed by atoms with Gasteiger partial charge in [0.2, 0.25) is 5.88 Å². The molecule has 5 nitrogen and oxygen atoms in total. The van der Waals surface area contributed by atoms with E-state index in [1.165, 1.54) is 31.4 Å². The number of aryl methyl sites for hydroxylation is 1. The molecule has 1 N–H and O–H groups in total. The van der Waals surface area contributed by atoms with E-state index in [0.717, 1.165) is 12.1 Å². The molecular formula is C22H20F4N2O3. The molecule has 2 aromatic carbocycles. The Balaban J connectivity index is 1.99. The second-order valence-corrected chi connectivity index (χ2v) is 6.80. The molecule has 0 aliphatic rings. The van der Waals surface area contributed by atoms with Gasteiger partial charge in [-0.15, -0.1) is 0 Å². The number of ether oxygens (including phenoxy) is 2. The minimum Gasteiger partial charge on any atom is -0.475 e. The summed E-state index contributed by atoms with van der Waals surface area (Å²) in [6.45, 7) is 1.92. The summed E-state index contributed by atoms with van der Waals surface area (Å²) >= 11 is 0. The molecule has 0 saturated heterocycles. The zero-order valence-corrected chi connectivity index (χ0v) is 16.8. The lowest BCUT2D eigenvalue weighted by atomic mass is 10.0. The fraction of sp³-hybridized carbons (Fsp3) is 0.273. The molecule has 0 unspecified atom stereocenters. The summed E-state index contributed by atoms with van der Waals surface area (Å²) < 4.78 is 63.1. The topological polar surface area (TPSA) is 60.5 Å². The van der Waals surface area contributed by atoms with Crippen molar-refractivity contribution in [2.75, 3.05) is 20.3 Å². The molecule has 9 heteroatoms. The molecule has 0 spiro atoms. The minimum atomic E-state index is -4.53. The van der Waals surface area contributed by atoms with Crippen molar-refractivity contribution >= 4 is 16.8 Å². The van der Waals surface area contributed by atoms with Gasteiger partial charge in [-0.1, -0.05) is 18.2 Å². The van der Waals surface area contributed by atoms with Gasteiger partial charge in [-0.25, -0.2) is 9.37 Å². The fourth-order valence-electron chi connectivity index (χ4n) is 3.09. The number of nitrogens with one attached hydrogen (secondary N) is 1. The van der Waals surface area contributed by atoms with E-state index in [-0.39, 0.29) is 36.7 Å². The van der Waals surface area contributed by atoms with E-state index in [4.69, 9.17) is 9.47 Å². The number of rotatable bonds is 7. The van der Waals surface area contributed by atoms with Crippen molar-refractivity contribution in [1.82, 2.24) is 10.3 Å². The van der Waals surface area contributed by atoms with Crippen molar-refractivity contribution in [3.05, 3.63) is 70.5 Å². The van der Waals surface area contributed by atoms with Crippen LogP contribution in [0.15, 0.2) is 42.5 Å². The second kappa shape index (κ2) is 9.30. The van der Waals surface area contributed by atoms with Gasteiger partial charge in [0.1, 0.15) is 18.0 Å². The van der Waals surface area contributed by atoms with Crippen LogP contribution in [0.3, 0.4) is 0 Å². The van der Waals surface area contributed by atoms with Crippen molar-refractivity contribution in [3.63, 3.8) is 0 Å². The Morgan fingerprint density at radius 3 is 2.58 bits per heavy atom. The van der Waals surface area contributed by atoms with Gasteiger partial charge in [-0.2, -0.15) is 13.2 Å². The first-order valence-electron chi connectivity index (χ1n) is 9.36. The molecule has 0 fully saturated rings. The number of carbonyl (C=O) groups excluding carboxylic acids is 1. The number of carbonyl (C=O) groups is 1. The van der Waals surface area contributed by atoms with Crippen LogP contribution in [-0.2, 0) is 17.5 Å². The molecule has 3 aromatic rings. The molecule has 0 saturated carbocycles. The Labute approximate surface area is 176 Å². The highest BCUT2D eigenvalue weighted by molar-refractivity contribution is 6.02. The zero-order chi connectivity index (χ0) is 22.6. The minimum absolute atomic E-state index is 0.0532. The average molecular weight is 436 g/mol. The van der Waals surface area contributed by atoms with Crippen LogP contribution < -0.4 is 10.1 Å². The monoisotopic (exact) mass is 436 g/mol. The lowest BCUT2D eigenvalue weighted by molar-refractivity contribution is -0.137. The quantitative estimate of drug-likeness (QED) is 0.433. The van der Waals surface area contributed by atoms with Crippen LogP contribution in [0.25, 0.3) is 10.9 Å². The van der Waals surface area contributed by atoms with E-state index in [0.29, 0.717) is 16.5 Å². The summed E-state index contributed by atoms with van der Waals surface area (Å²) in [6, 6.07) is 8.90. The number of aromatic nitrogens is 1. The van der Waals surface area contributed by atoms with Crippen molar-refractivity contribution in [1.29, 1.82) is 0 Å². The van der Waals surface area contributed by atoms with Crippen molar-refractivity contribution < 1.29 is 31.8 Å². The Hall–Kier alpha value is -3.20. The molecule has 3 rings (SSSR count). The van der Waals surface area contributed by atoms with Gasteiger partial charge < -0.3 is 14.8 Å². The Bertz CT molecular complexity index is 1100. The average Bonchev–Trinajstić information content (AvgIpc) is 2.71. The maximum Gasteiger partial charge on any atom is 0.416 e. The van der Waals surface area contributed by atoms with Crippen LogP contribution in [0.4, 0.5) is 17.6 Å². The highest BCUT2D eigenvalue weighted by atomic mass is 19.4. The molecule has 164 valence electrons. The van der Waals surface area contributed by atoms with Gasteiger partial charge in [0.15, 0.2) is 0 Å². The summed E-state index contributed by atoms with van der Waals surface area (Å²) in [5.74, 6) is -1.07. The highest BCUT2D eigenvalue weighted by Gasteiger charge is 2.31. The first-order chi connectivity index (χ1) is 14.7. The Kier molecular flexibility index (Phi) is 6.74. The van der Waals surface area contributed by atoms with Crippen LogP contribution >= 0.6 is 0 Å². The number of nitrogens with zero attached hydrogens (tertiary/aromatic N) is 1. The lowest BCUT2D eigenvalue weighted by Gasteiger charge is -2.16. The first-order valence-corrected chi connectivity index (χ1v) is 9.36. The number of fused-ring (bicyclic) bond motifs is 1. The van der Waals surface area contributed by atoms with Crippen LogP contribution in [0, 0.1) is 12.7 Å². The number of hydrogen-bond acceptors (Lipinski definition) is 4. The van der Waals surface area contributed by atoms with Crippen LogP contribution in [-0.4, -0.2) is 31.2 Å². The van der Waals surface area contributed by atoms with Crippen LogP contribution in [0.5, 0.6) is 5.88 Å². The molecule has 1 heterocycles. The number of benzene rings is 2. The molecule has 31 heavy (non-hydrogen) atoms. The van der Waals surface area contributed by atoms with Crippen molar-refractivity contribution in [3.8, 4) is 5.88 Å². The largest absolute Gasteiger partial charge is 0.475 e. The Morgan fingerprint density at radius 2 is 1.90 bits per heavy atom. The van der Waals surface area contributed by atoms with Gasteiger partial charge in [-0.05, 0) is 42.3 Å². The molecule has 0 radical (unpaired) electrons. The van der Waals surface area contributed by atoms with E-state index in [9.17, 15) is 22.4 Å². The highest BCUT2D eigenvalue weighted by Crippen LogP contribution is 2.34. The molecule has 1 amide bonds. The van der Waals surface area contributed by atoms with E-state index in [2.05, 4.69) is 10.3 Å². The molecular weight excluding hydrogens is 416 g/mol. The SMILES string of the molecule is COCCOc1nc2cc(C(F)(F)F)ccc2c(C)c1C(=O)NCc1cccc(F)c1. The van der Waals surface area contributed by atoms with Crippen molar-refractivity contribution in [2.45, 2.75) is 19.6 Å². The van der Waals surface area contributed by atoms with E-state index >= 15 is 0 Å². The van der Waals surface area contributed by atoms with Gasteiger partial charge in [0.25, 0.3) is 5.91 Å². The van der Waals surface area contributed by atoms with Gasteiger partial charge >= 0.3 is 6.18 Å². The molecule has 0 aliphatic carbocycles. The summed E-state index contributed by atoms with van der Waals surface area (Å²) in [5.41, 5.74) is 0.276. The number of hydrogen-bond donors (Lipinski definition) is 1. The molecule has 0 atom stereocenters. The van der Waals surface area contributed by atoms with Crippen LogP contribution in [0.1, 0.15) is 27.0 Å². The predicted octanol–water partition coefficient (Wildman–Crippen LogP) is 4.66. The van der Waals surface area contributed by atoms with Crippen molar-refractivity contribution in [2.24, 2.45) is 0 Å². The number of alkyl halides is 3. The maximum atomic E-state index is 13.4. The third-order valence-corrected chi connectivity index (χ3v) is 4.64. The third kappa shape index (κ3) is 5.29. The van der Waals surface area contributed by atoms with E-state index in [1.54, 1.807) is 13.0 Å². The summed E-state index contributed by atoms with van der Waals surface area (Å²) in [6.07, 6.45) is -4.53. The summed E-state index contributed by atoms with van der Waals surface area (Å²) in [5, 5.41) is 3.07. The van der Waals surface area contributed by atoms with Gasteiger partial charge in [0, 0.05) is 19.0 Å². The molecule has 0 bridgehead atoms. The first kappa shape index (κ1) is 22.5. The fourth-order valence-corrected chi connectivity index (χ4v) is 3.09. The van der Waals surface area contributed by atoms with Gasteiger partial charge in [-0.3, -0.25) is 4.79 Å². The predicted molar refractivity (Wildman–Crippen MR) is 106 cm³/mol. The standard InChI is InChI=1S/C22H20F4N2O3/c1-13-17-7-6-15(22(24,25)26)11-18(17)28-21(31-9-8-30-2)19(13)20(29)27-12-14-4-3-5-16(23)10-14/h3-7,10-11H,8-9,12H2,1-2H3,(H,27,29).